The zero-order valence-electron chi connectivity index (χ0n) is 13.8. The zero-order chi connectivity index (χ0) is 16.2. The van der Waals surface area contributed by atoms with Crippen LogP contribution in [0.4, 0.5) is 11.4 Å². The highest BCUT2D eigenvalue weighted by Gasteiger charge is 2.27. The molecule has 124 valence electrons. The van der Waals surface area contributed by atoms with Crippen molar-refractivity contribution in [3.63, 3.8) is 0 Å². The van der Waals surface area contributed by atoms with Crippen molar-refractivity contribution in [2.24, 2.45) is 17.1 Å². The first-order valence-electron chi connectivity index (χ1n) is 7.08. The quantitative estimate of drug-likeness (QED) is 0.794. The Hall–Kier alpha value is -1.59. The molecule has 0 aliphatic carbocycles. The molecule has 0 aliphatic rings. The molecule has 22 heavy (non-hydrogen) atoms. The Kier molecular flexibility index (Phi) is 7.56. The van der Waals surface area contributed by atoms with Crippen molar-refractivity contribution >= 4 is 35.6 Å². The van der Waals surface area contributed by atoms with Gasteiger partial charge in [-0.1, -0.05) is 34.6 Å². The predicted molar refractivity (Wildman–Crippen MR) is 93.2 cm³/mol. The number of hydrogen-bond donors (Lipinski definition) is 3. The van der Waals surface area contributed by atoms with Gasteiger partial charge in [-0.2, -0.15) is 0 Å². The average molecular weight is 328 g/mol. The van der Waals surface area contributed by atoms with Gasteiger partial charge in [-0.15, -0.1) is 12.4 Å². The first-order valence-corrected chi connectivity index (χ1v) is 7.08. The number of halogens is 1. The predicted octanol–water partition coefficient (Wildman–Crippen LogP) is 3.01. The topological polar surface area (TPSA) is 84.2 Å². The Morgan fingerprint density at radius 1 is 0.955 bits per heavy atom. The summed E-state index contributed by atoms with van der Waals surface area (Å²) in [5.41, 5.74) is 6.96. The second-order valence-electron chi connectivity index (χ2n) is 6.55. The van der Waals surface area contributed by atoms with Crippen LogP contribution in [0.3, 0.4) is 0 Å². The van der Waals surface area contributed by atoms with Crippen LogP contribution in [0.25, 0.3) is 0 Å². The van der Waals surface area contributed by atoms with Gasteiger partial charge in [0.25, 0.3) is 0 Å². The molecule has 2 amide bonds. The Morgan fingerprint density at radius 2 is 1.32 bits per heavy atom. The normalized spacial score (nSPS) is 12.3. The average Bonchev–Trinajstić information content (AvgIpc) is 2.38. The maximum atomic E-state index is 12.0. The van der Waals surface area contributed by atoms with Gasteiger partial charge in [0, 0.05) is 17.3 Å². The maximum absolute atomic E-state index is 12.0. The zero-order valence-corrected chi connectivity index (χ0v) is 14.6. The fourth-order valence-electron chi connectivity index (χ4n) is 1.54. The first-order chi connectivity index (χ1) is 9.61. The lowest BCUT2D eigenvalue weighted by Gasteiger charge is -2.25. The number of amides is 2. The van der Waals surface area contributed by atoms with Crippen LogP contribution in [0.15, 0.2) is 24.3 Å². The summed E-state index contributed by atoms with van der Waals surface area (Å²) >= 11 is 0. The lowest BCUT2D eigenvalue weighted by atomic mass is 9.87. The second kappa shape index (κ2) is 8.15. The number of hydrogen-bond acceptors (Lipinski definition) is 3. The molecule has 0 bridgehead atoms. The van der Waals surface area contributed by atoms with E-state index in [1.165, 1.54) is 0 Å². The lowest BCUT2D eigenvalue weighted by Crippen LogP contribution is -2.45. The number of carbonyl (C=O) groups excluding carboxylic acids is 2. The minimum Gasteiger partial charge on any atom is -0.326 e. The molecule has 0 saturated heterocycles. The molecule has 1 atom stereocenters. The Balaban J connectivity index is 0.00000441. The summed E-state index contributed by atoms with van der Waals surface area (Å²) in [7, 11) is 0. The van der Waals surface area contributed by atoms with Gasteiger partial charge in [0.05, 0.1) is 6.04 Å². The minimum atomic E-state index is -0.585. The monoisotopic (exact) mass is 327 g/mol. The summed E-state index contributed by atoms with van der Waals surface area (Å²) in [5.74, 6) is -0.336. The molecule has 6 heteroatoms. The van der Waals surface area contributed by atoms with E-state index in [0.717, 1.165) is 0 Å². The van der Waals surface area contributed by atoms with Crippen molar-refractivity contribution in [3.8, 4) is 0 Å². The van der Waals surface area contributed by atoms with E-state index in [0.29, 0.717) is 11.4 Å². The van der Waals surface area contributed by atoms with Gasteiger partial charge in [-0.25, -0.2) is 0 Å². The number of benzene rings is 1. The highest BCUT2D eigenvalue weighted by molar-refractivity contribution is 5.96. The molecular weight excluding hydrogens is 302 g/mol. The van der Waals surface area contributed by atoms with E-state index in [1.807, 2.05) is 34.6 Å². The fourth-order valence-corrected chi connectivity index (χ4v) is 1.54. The lowest BCUT2D eigenvalue weighted by molar-refractivity contribution is -0.120. The highest BCUT2D eigenvalue weighted by atomic mass is 35.5. The van der Waals surface area contributed by atoms with Gasteiger partial charge in [-0.3, -0.25) is 9.59 Å². The molecule has 5 nitrogen and oxygen atoms in total. The van der Waals surface area contributed by atoms with Crippen molar-refractivity contribution in [1.29, 1.82) is 0 Å². The molecule has 0 heterocycles. The molecule has 0 unspecified atom stereocenters. The van der Waals surface area contributed by atoms with E-state index in [2.05, 4.69) is 10.6 Å². The summed E-state index contributed by atoms with van der Waals surface area (Å²) in [4.78, 5) is 23.6. The van der Waals surface area contributed by atoms with E-state index in [1.54, 1.807) is 24.3 Å². The van der Waals surface area contributed by atoms with Crippen molar-refractivity contribution in [3.05, 3.63) is 24.3 Å². The highest BCUT2D eigenvalue weighted by Crippen LogP contribution is 2.20. The summed E-state index contributed by atoms with van der Waals surface area (Å²) in [6.07, 6.45) is 0. The number of nitrogens with one attached hydrogen (secondary N) is 2. The summed E-state index contributed by atoms with van der Waals surface area (Å²) < 4.78 is 0. The van der Waals surface area contributed by atoms with Crippen molar-refractivity contribution in [2.45, 2.75) is 40.7 Å². The Bertz CT molecular complexity index is 507. The van der Waals surface area contributed by atoms with Gasteiger partial charge in [0.1, 0.15) is 0 Å². The third-order valence-electron chi connectivity index (χ3n) is 3.16. The van der Waals surface area contributed by atoms with Crippen LogP contribution in [-0.4, -0.2) is 17.9 Å². The van der Waals surface area contributed by atoms with Crippen molar-refractivity contribution in [1.82, 2.24) is 0 Å². The molecule has 0 aromatic heterocycles. The largest absolute Gasteiger partial charge is 0.326 e. The van der Waals surface area contributed by atoms with Gasteiger partial charge in [-0.05, 0) is 29.7 Å². The number of nitrogens with two attached hydrogens (primary N) is 1. The van der Waals surface area contributed by atoms with Gasteiger partial charge >= 0.3 is 0 Å². The maximum Gasteiger partial charge on any atom is 0.241 e. The van der Waals surface area contributed by atoms with Crippen molar-refractivity contribution in [2.75, 3.05) is 10.6 Å². The molecule has 0 radical (unpaired) electrons. The van der Waals surface area contributed by atoms with E-state index in [4.69, 9.17) is 5.73 Å². The van der Waals surface area contributed by atoms with Crippen LogP contribution >= 0.6 is 12.4 Å². The Labute approximate surface area is 138 Å². The third kappa shape index (κ3) is 6.03. The van der Waals surface area contributed by atoms with Gasteiger partial charge < -0.3 is 16.4 Å². The SMILES string of the molecule is CC(C)C(=O)Nc1ccc(NC(=O)[C@@H](N)C(C)(C)C)cc1.Cl. The Morgan fingerprint density at radius 3 is 1.64 bits per heavy atom. The number of anilines is 2. The molecule has 0 fully saturated rings. The molecule has 1 aromatic rings. The molecule has 4 N–H and O–H groups in total. The standard InChI is InChI=1S/C16H25N3O2.ClH/c1-10(2)14(20)18-11-6-8-12(9-7-11)19-15(21)13(17)16(3,4)5;/h6-10,13H,17H2,1-5H3,(H,18,20)(H,19,21);1H/t13-;/m1./s1. The van der Waals surface area contributed by atoms with E-state index in [-0.39, 0.29) is 35.6 Å². The molecule has 0 aliphatic heterocycles. The molecule has 0 saturated carbocycles. The van der Waals surface area contributed by atoms with Gasteiger partial charge in [0.2, 0.25) is 11.8 Å². The summed E-state index contributed by atoms with van der Waals surface area (Å²) in [6.45, 7) is 9.42. The minimum absolute atomic E-state index is 0. The van der Waals surface area contributed by atoms with Crippen LogP contribution in [0.2, 0.25) is 0 Å². The van der Waals surface area contributed by atoms with E-state index in [9.17, 15) is 9.59 Å². The van der Waals surface area contributed by atoms with Crippen LogP contribution < -0.4 is 16.4 Å². The summed E-state index contributed by atoms with van der Waals surface area (Å²) in [5, 5.41) is 5.57. The first kappa shape index (κ1) is 20.4. The van der Waals surface area contributed by atoms with Crippen LogP contribution in [0.5, 0.6) is 0 Å². The smallest absolute Gasteiger partial charge is 0.241 e. The van der Waals surface area contributed by atoms with E-state index < -0.39 is 6.04 Å². The number of carbonyl (C=O) groups is 2. The third-order valence-corrected chi connectivity index (χ3v) is 3.16. The van der Waals surface area contributed by atoms with Gasteiger partial charge in [0.15, 0.2) is 0 Å². The van der Waals surface area contributed by atoms with Crippen LogP contribution in [-0.2, 0) is 9.59 Å². The van der Waals surface area contributed by atoms with Crippen LogP contribution in [0, 0.1) is 11.3 Å². The van der Waals surface area contributed by atoms with Crippen molar-refractivity contribution < 1.29 is 9.59 Å². The molecule has 0 spiro atoms. The molecule has 1 rings (SSSR count). The number of rotatable bonds is 4. The summed E-state index contributed by atoms with van der Waals surface area (Å²) in [6, 6.07) is 6.39. The molecule has 1 aromatic carbocycles. The fraction of sp³-hybridized carbons (Fsp3) is 0.500. The van der Waals surface area contributed by atoms with Crippen LogP contribution in [0.1, 0.15) is 34.6 Å². The second-order valence-corrected chi connectivity index (χ2v) is 6.55. The van der Waals surface area contributed by atoms with E-state index >= 15 is 0 Å². The molecular formula is C16H26ClN3O2.